The molecule has 0 amide bonds. The summed E-state index contributed by atoms with van der Waals surface area (Å²) in [7, 11) is 0. The molecule has 0 saturated heterocycles. The number of hydrogen-bond donors (Lipinski definition) is 1. The minimum atomic E-state index is -0.405. The van der Waals surface area contributed by atoms with E-state index in [2.05, 4.69) is 0 Å². The lowest BCUT2D eigenvalue weighted by atomic mass is 10.1. The Morgan fingerprint density at radius 3 is 2.39 bits per heavy atom. The van der Waals surface area contributed by atoms with Gasteiger partial charge in [-0.1, -0.05) is 24.3 Å². The molecular weight excluding hydrogens is 229 g/mol. The van der Waals surface area contributed by atoms with Gasteiger partial charge in [0.2, 0.25) is 0 Å². The van der Waals surface area contributed by atoms with E-state index < -0.39 is 5.82 Å². The predicted octanol–water partition coefficient (Wildman–Crippen LogP) is 3.60. The molecule has 0 aliphatic carbocycles. The molecule has 18 heavy (non-hydrogen) atoms. The molecule has 0 spiro atoms. The molecule has 0 heterocycles. The van der Waals surface area contributed by atoms with E-state index in [0.29, 0.717) is 6.61 Å². The van der Waals surface area contributed by atoms with Crippen molar-refractivity contribution in [1.82, 2.24) is 0 Å². The van der Waals surface area contributed by atoms with Crippen LogP contribution in [0.4, 0.5) is 10.1 Å². The van der Waals surface area contributed by atoms with Crippen LogP contribution in [0.25, 0.3) is 0 Å². The number of rotatable bonds is 3. The van der Waals surface area contributed by atoms with Crippen LogP contribution < -0.4 is 10.5 Å². The van der Waals surface area contributed by atoms with Crippen molar-refractivity contribution >= 4 is 5.69 Å². The Hall–Kier alpha value is -2.03. The van der Waals surface area contributed by atoms with Gasteiger partial charge in [-0.15, -0.1) is 0 Å². The number of hydrogen-bond acceptors (Lipinski definition) is 2. The number of ether oxygens (including phenoxy) is 1. The number of benzene rings is 2. The second-order valence-corrected chi connectivity index (χ2v) is 4.37. The molecule has 0 fully saturated rings. The summed E-state index contributed by atoms with van der Waals surface area (Å²) in [5.74, 6) is 0.451. The first kappa shape index (κ1) is 12.4. The van der Waals surface area contributed by atoms with Gasteiger partial charge in [0, 0.05) is 0 Å². The molecule has 3 heteroatoms. The molecule has 2 N–H and O–H groups in total. The zero-order chi connectivity index (χ0) is 13.1. The van der Waals surface area contributed by atoms with Crippen molar-refractivity contribution in [3.63, 3.8) is 0 Å². The SMILES string of the molecule is Cc1cccc(C)c1OCc1ccc(N)c(F)c1. The van der Waals surface area contributed by atoms with Crippen LogP contribution >= 0.6 is 0 Å². The molecule has 2 aromatic rings. The van der Waals surface area contributed by atoms with E-state index in [1.807, 2.05) is 32.0 Å². The first-order valence-corrected chi connectivity index (χ1v) is 5.81. The third kappa shape index (κ3) is 2.62. The van der Waals surface area contributed by atoms with Gasteiger partial charge in [-0.25, -0.2) is 4.39 Å². The molecule has 2 nitrogen and oxygen atoms in total. The van der Waals surface area contributed by atoms with Gasteiger partial charge in [-0.3, -0.25) is 0 Å². The van der Waals surface area contributed by atoms with Gasteiger partial charge in [0.15, 0.2) is 0 Å². The largest absolute Gasteiger partial charge is 0.488 e. The van der Waals surface area contributed by atoms with Gasteiger partial charge in [0.1, 0.15) is 18.2 Å². The maximum absolute atomic E-state index is 13.3. The quantitative estimate of drug-likeness (QED) is 0.838. The van der Waals surface area contributed by atoms with E-state index in [0.717, 1.165) is 22.4 Å². The molecule has 0 unspecified atom stereocenters. The van der Waals surface area contributed by atoms with E-state index in [1.165, 1.54) is 6.07 Å². The molecule has 0 aromatic heterocycles. The number of para-hydroxylation sites is 1. The summed E-state index contributed by atoms with van der Waals surface area (Å²) in [5, 5.41) is 0. The Morgan fingerprint density at radius 2 is 1.78 bits per heavy atom. The van der Waals surface area contributed by atoms with Crippen LogP contribution in [0.1, 0.15) is 16.7 Å². The number of nitrogen functional groups attached to an aromatic ring is 1. The van der Waals surface area contributed by atoms with Gasteiger partial charge in [-0.05, 0) is 42.7 Å². The highest BCUT2D eigenvalue weighted by atomic mass is 19.1. The first-order valence-electron chi connectivity index (χ1n) is 5.81. The average molecular weight is 245 g/mol. The fraction of sp³-hybridized carbons (Fsp3) is 0.200. The smallest absolute Gasteiger partial charge is 0.146 e. The Labute approximate surface area is 106 Å². The summed E-state index contributed by atoms with van der Waals surface area (Å²) in [6.45, 7) is 4.32. The molecule has 0 radical (unpaired) electrons. The van der Waals surface area contributed by atoms with Gasteiger partial charge >= 0.3 is 0 Å². The van der Waals surface area contributed by atoms with E-state index in [1.54, 1.807) is 12.1 Å². The van der Waals surface area contributed by atoms with Crippen molar-refractivity contribution in [2.24, 2.45) is 0 Å². The fourth-order valence-corrected chi connectivity index (χ4v) is 1.84. The number of aryl methyl sites for hydroxylation is 2. The lowest BCUT2D eigenvalue weighted by Crippen LogP contribution is -2.00. The first-order chi connectivity index (χ1) is 8.58. The van der Waals surface area contributed by atoms with Crippen molar-refractivity contribution in [3.05, 3.63) is 58.9 Å². The van der Waals surface area contributed by atoms with Gasteiger partial charge < -0.3 is 10.5 Å². The molecule has 0 atom stereocenters. The molecule has 2 rings (SSSR count). The molecule has 0 aliphatic heterocycles. The van der Waals surface area contributed by atoms with Crippen molar-refractivity contribution in [2.75, 3.05) is 5.73 Å². The highest BCUT2D eigenvalue weighted by Gasteiger charge is 2.05. The molecule has 2 aromatic carbocycles. The summed E-state index contributed by atoms with van der Waals surface area (Å²) < 4.78 is 19.0. The van der Waals surface area contributed by atoms with Gasteiger partial charge in [-0.2, -0.15) is 0 Å². The molecule has 94 valence electrons. The van der Waals surface area contributed by atoms with E-state index in [4.69, 9.17) is 10.5 Å². The number of nitrogens with two attached hydrogens (primary N) is 1. The summed E-state index contributed by atoms with van der Waals surface area (Å²) in [6.07, 6.45) is 0. The molecule has 0 saturated carbocycles. The maximum Gasteiger partial charge on any atom is 0.146 e. The van der Waals surface area contributed by atoms with E-state index >= 15 is 0 Å². The Balaban J connectivity index is 2.14. The molecule has 0 bridgehead atoms. The Bertz CT molecular complexity index is 546. The second-order valence-electron chi connectivity index (χ2n) is 4.37. The minimum absolute atomic E-state index is 0.158. The highest BCUT2D eigenvalue weighted by Crippen LogP contribution is 2.23. The normalized spacial score (nSPS) is 10.4. The second kappa shape index (κ2) is 5.08. The summed E-state index contributed by atoms with van der Waals surface area (Å²) >= 11 is 0. The number of halogens is 1. The van der Waals surface area contributed by atoms with Crippen molar-refractivity contribution in [1.29, 1.82) is 0 Å². The van der Waals surface area contributed by atoms with Crippen molar-refractivity contribution in [3.8, 4) is 5.75 Å². The highest BCUT2D eigenvalue weighted by molar-refractivity contribution is 5.42. The zero-order valence-corrected chi connectivity index (χ0v) is 10.5. The lowest BCUT2D eigenvalue weighted by molar-refractivity contribution is 0.301. The van der Waals surface area contributed by atoms with Crippen LogP contribution in [-0.4, -0.2) is 0 Å². The van der Waals surface area contributed by atoms with E-state index in [9.17, 15) is 4.39 Å². The third-order valence-electron chi connectivity index (χ3n) is 2.86. The van der Waals surface area contributed by atoms with Crippen LogP contribution in [0.2, 0.25) is 0 Å². The summed E-state index contributed by atoms with van der Waals surface area (Å²) in [4.78, 5) is 0. The maximum atomic E-state index is 13.3. The molecule has 0 aliphatic rings. The van der Waals surface area contributed by atoms with Crippen LogP contribution in [0, 0.1) is 19.7 Å². The summed E-state index contributed by atoms with van der Waals surface area (Å²) in [5.41, 5.74) is 8.50. The fourth-order valence-electron chi connectivity index (χ4n) is 1.84. The van der Waals surface area contributed by atoms with Crippen molar-refractivity contribution < 1.29 is 9.13 Å². The van der Waals surface area contributed by atoms with Crippen LogP contribution in [0.3, 0.4) is 0 Å². The topological polar surface area (TPSA) is 35.2 Å². The zero-order valence-electron chi connectivity index (χ0n) is 10.5. The lowest BCUT2D eigenvalue weighted by Gasteiger charge is -2.12. The average Bonchev–Trinajstić information content (AvgIpc) is 2.33. The third-order valence-corrected chi connectivity index (χ3v) is 2.86. The van der Waals surface area contributed by atoms with Crippen LogP contribution in [0.15, 0.2) is 36.4 Å². The van der Waals surface area contributed by atoms with Gasteiger partial charge in [0.05, 0.1) is 5.69 Å². The molecular formula is C15H16FNO. The Kier molecular flexibility index (Phi) is 3.51. The monoisotopic (exact) mass is 245 g/mol. The van der Waals surface area contributed by atoms with Crippen LogP contribution in [0.5, 0.6) is 5.75 Å². The predicted molar refractivity (Wildman–Crippen MR) is 71.1 cm³/mol. The van der Waals surface area contributed by atoms with Crippen molar-refractivity contribution in [2.45, 2.75) is 20.5 Å². The van der Waals surface area contributed by atoms with Crippen LogP contribution in [-0.2, 0) is 6.61 Å². The van der Waals surface area contributed by atoms with E-state index in [-0.39, 0.29) is 5.69 Å². The Morgan fingerprint density at radius 1 is 1.11 bits per heavy atom. The summed E-state index contributed by atoms with van der Waals surface area (Å²) in [6, 6.07) is 10.7. The number of anilines is 1. The van der Waals surface area contributed by atoms with Gasteiger partial charge in [0.25, 0.3) is 0 Å². The standard InChI is InChI=1S/C15H16FNO/c1-10-4-3-5-11(2)15(10)18-9-12-6-7-14(17)13(16)8-12/h3-8H,9,17H2,1-2H3. The minimum Gasteiger partial charge on any atom is -0.488 e.